The van der Waals surface area contributed by atoms with E-state index in [1.807, 2.05) is 27.7 Å². The minimum atomic E-state index is -1.07. The number of carbonyl (C=O) groups excluding carboxylic acids is 2. The van der Waals surface area contributed by atoms with Crippen LogP contribution in [0.5, 0.6) is 5.75 Å². The van der Waals surface area contributed by atoms with Gasteiger partial charge >= 0.3 is 0 Å². The lowest BCUT2D eigenvalue weighted by atomic mass is 9.84. The van der Waals surface area contributed by atoms with Gasteiger partial charge in [0.1, 0.15) is 29.2 Å². The maximum atomic E-state index is 14.7. The standard InChI is InChI=1S/C27H25F2NO4S/c1-5-34-20-11-8-15(13-17(20)27(2,3)4)24(31)22-23(21-7-6-12-35-21)30(26(33)25(22)32)19-10-9-16(28)14-18(19)29/h6-14,23,31H,5H2,1-4H3/b24-22-. The van der Waals surface area contributed by atoms with Gasteiger partial charge in [0, 0.05) is 22.1 Å². The summed E-state index contributed by atoms with van der Waals surface area (Å²) in [5, 5.41) is 13.1. The summed E-state index contributed by atoms with van der Waals surface area (Å²) in [5.74, 6) is -3.46. The zero-order valence-electron chi connectivity index (χ0n) is 19.8. The van der Waals surface area contributed by atoms with E-state index in [1.54, 1.807) is 35.7 Å². The van der Waals surface area contributed by atoms with Gasteiger partial charge in [-0.3, -0.25) is 14.5 Å². The number of amides is 1. The van der Waals surface area contributed by atoms with Crippen LogP contribution in [0, 0.1) is 11.6 Å². The summed E-state index contributed by atoms with van der Waals surface area (Å²) in [5.41, 5.74) is 0.405. The molecule has 1 aliphatic heterocycles. The summed E-state index contributed by atoms with van der Waals surface area (Å²) in [6.45, 7) is 8.32. The van der Waals surface area contributed by atoms with E-state index in [4.69, 9.17) is 4.74 Å². The molecule has 0 bridgehead atoms. The highest BCUT2D eigenvalue weighted by Crippen LogP contribution is 2.45. The number of Topliss-reactive ketones (excluding diaryl/α,β-unsaturated/α-hetero) is 1. The van der Waals surface area contributed by atoms with Crippen molar-refractivity contribution in [2.24, 2.45) is 0 Å². The molecule has 0 aliphatic carbocycles. The largest absolute Gasteiger partial charge is 0.507 e. The van der Waals surface area contributed by atoms with Crippen LogP contribution in [0.15, 0.2) is 59.5 Å². The van der Waals surface area contributed by atoms with E-state index in [9.17, 15) is 23.5 Å². The highest BCUT2D eigenvalue weighted by molar-refractivity contribution is 7.10. The summed E-state index contributed by atoms with van der Waals surface area (Å²) in [4.78, 5) is 27.9. The number of nitrogens with zero attached hydrogens (tertiary/aromatic N) is 1. The Hall–Kier alpha value is -3.52. The number of anilines is 1. The quantitative estimate of drug-likeness (QED) is 0.253. The van der Waals surface area contributed by atoms with Crippen molar-refractivity contribution in [1.29, 1.82) is 0 Å². The first-order chi connectivity index (χ1) is 16.5. The third-order valence-electron chi connectivity index (χ3n) is 5.79. The van der Waals surface area contributed by atoms with Crippen molar-refractivity contribution in [2.45, 2.75) is 39.2 Å². The predicted octanol–water partition coefficient (Wildman–Crippen LogP) is 6.35. The number of halogens is 2. The van der Waals surface area contributed by atoms with Gasteiger partial charge in [0.25, 0.3) is 11.7 Å². The second kappa shape index (κ2) is 9.26. The van der Waals surface area contributed by atoms with Crippen LogP contribution < -0.4 is 9.64 Å². The smallest absolute Gasteiger partial charge is 0.300 e. The lowest BCUT2D eigenvalue weighted by Crippen LogP contribution is -2.30. The monoisotopic (exact) mass is 497 g/mol. The van der Waals surface area contributed by atoms with E-state index in [1.165, 1.54) is 11.3 Å². The van der Waals surface area contributed by atoms with Crippen molar-refractivity contribution in [3.05, 3.63) is 87.1 Å². The Balaban J connectivity index is 1.93. The molecule has 0 radical (unpaired) electrons. The molecular formula is C27H25F2NO4S. The minimum absolute atomic E-state index is 0.162. The lowest BCUT2D eigenvalue weighted by molar-refractivity contribution is -0.132. The molecule has 182 valence electrons. The van der Waals surface area contributed by atoms with E-state index in [-0.39, 0.29) is 22.4 Å². The number of aliphatic hydroxyl groups excluding tert-OH is 1. The van der Waals surface area contributed by atoms with Crippen LogP contribution in [-0.4, -0.2) is 23.4 Å². The van der Waals surface area contributed by atoms with Crippen molar-refractivity contribution in [3.63, 3.8) is 0 Å². The molecule has 1 amide bonds. The van der Waals surface area contributed by atoms with E-state index in [0.29, 0.717) is 28.9 Å². The Morgan fingerprint density at radius 3 is 2.46 bits per heavy atom. The molecule has 0 saturated carbocycles. The fourth-order valence-corrected chi connectivity index (χ4v) is 5.00. The second-order valence-electron chi connectivity index (χ2n) is 9.17. The van der Waals surface area contributed by atoms with Gasteiger partial charge in [-0.15, -0.1) is 11.3 Å². The number of aliphatic hydroxyl groups is 1. The molecule has 2 heterocycles. The molecule has 1 aliphatic rings. The average molecular weight is 498 g/mol. The maximum Gasteiger partial charge on any atom is 0.300 e. The molecule has 1 N–H and O–H groups in total. The Morgan fingerprint density at radius 1 is 1.11 bits per heavy atom. The number of hydrogen-bond donors (Lipinski definition) is 1. The van der Waals surface area contributed by atoms with Crippen molar-refractivity contribution >= 4 is 34.5 Å². The van der Waals surface area contributed by atoms with Gasteiger partial charge in [-0.2, -0.15) is 0 Å². The number of carbonyl (C=O) groups is 2. The Labute approximate surface area is 206 Å². The number of ketones is 1. The summed E-state index contributed by atoms with van der Waals surface area (Å²) in [7, 11) is 0. The SMILES string of the molecule is CCOc1ccc(/C(O)=C2/C(=O)C(=O)N(c3ccc(F)cc3F)C2c2cccs2)cc1C(C)(C)C. The average Bonchev–Trinajstić information content (AvgIpc) is 3.41. The molecule has 0 spiro atoms. The van der Waals surface area contributed by atoms with Gasteiger partial charge < -0.3 is 9.84 Å². The molecule has 1 aromatic heterocycles. The molecule has 8 heteroatoms. The number of benzene rings is 2. The first-order valence-corrected chi connectivity index (χ1v) is 12.0. The van der Waals surface area contributed by atoms with Crippen molar-refractivity contribution in [1.82, 2.24) is 0 Å². The maximum absolute atomic E-state index is 14.7. The minimum Gasteiger partial charge on any atom is -0.507 e. The highest BCUT2D eigenvalue weighted by Gasteiger charge is 2.48. The van der Waals surface area contributed by atoms with Crippen LogP contribution in [0.3, 0.4) is 0 Å². The zero-order valence-corrected chi connectivity index (χ0v) is 20.6. The van der Waals surface area contributed by atoms with Crippen LogP contribution in [-0.2, 0) is 15.0 Å². The Morgan fingerprint density at radius 2 is 1.86 bits per heavy atom. The number of thiophene rings is 1. The summed E-state index contributed by atoms with van der Waals surface area (Å²) < 4.78 is 34.0. The molecule has 2 aromatic carbocycles. The second-order valence-corrected chi connectivity index (χ2v) is 10.2. The first-order valence-electron chi connectivity index (χ1n) is 11.1. The van der Waals surface area contributed by atoms with E-state index >= 15 is 0 Å². The number of hydrogen-bond acceptors (Lipinski definition) is 5. The summed E-state index contributed by atoms with van der Waals surface area (Å²) >= 11 is 1.26. The summed E-state index contributed by atoms with van der Waals surface area (Å²) in [6.07, 6.45) is 0. The Bertz CT molecular complexity index is 1330. The third kappa shape index (κ3) is 4.46. The van der Waals surface area contributed by atoms with Gasteiger partial charge in [0.05, 0.1) is 17.9 Å². The predicted molar refractivity (Wildman–Crippen MR) is 132 cm³/mol. The van der Waals surface area contributed by atoms with Gasteiger partial charge in [0.15, 0.2) is 0 Å². The normalized spacial score (nSPS) is 17.8. The Kier molecular flexibility index (Phi) is 6.51. The number of ether oxygens (including phenoxy) is 1. The zero-order chi connectivity index (χ0) is 25.5. The first kappa shape index (κ1) is 24.6. The van der Waals surface area contributed by atoms with Crippen LogP contribution in [0.25, 0.3) is 5.76 Å². The van der Waals surface area contributed by atoms with Gasteiger partial charge in [-0.05, 0) is 54.1 Å². The molecule has 1 saturated heterocycles. The van der Waals surface area contributed by atoms with Crippen molar-refractivity contribution in [3.8, 4) is 5.75 Å². The van der Waals surface area contributed by atoms with E-state index in [0.717, 1.165) is 22.6 Å². The molecule has 3 aromatic rings. The van der Waals surface area contributed by atoms with Crippen LogP contribution >= 0.6 is 11.3 Å². The molecule has 1 fully saturated rings. The summed E-state index contributed by atoms with van der Waals surface area (Å²) in [6, 6.07) is 10.2. The van der Waals surface area contributed by atoms with Crippen LogP contribution in [0.4, 0.5) is 14.5 Å². The molecule has 1 unspecified atom stereocenters. The fourth-order valence-electron chi connectivity index (χ4n) is 4.17. The third-order valence-corrected chi connectivity index (χ3v) is 6.71. The van der Waals surface area contributed by atoms with Crippen LogP contribution in [0.2, 0.25) is 0 Å². The molecule has 35 heavy (non-hydrogen) atoms. The van der Waals surface area contributed by atoms with Gasteiger partial charge in [-0.25, -0.2) is 8.78 Å². The van der Waals surface area contributed by atoms with Gasteiger partial charge in [0.2, 0.25) is 0 Å². The van der Waals surface area contributed by atoms with Gasteiger partial charge in [-0.1, -0.05) is 26.8 Å². The molecule has 1 atom stereocenters. The van der Waals surface area contributed by atoms with E-state index < -0.39 is 29.4 Å². The fraction of sp³-hybridized carbons (Fsp3) is 0.259. The highest BCUT2D eigenvalue weighted by atomic mass is 32.1. The molecule has 5 nitrogen and oxygen atoms in total. The lowest BCUT2D eigenvalue weighted by Gasteiger charge is -2.25. The van der Waals surface area contributed by atoms with E-state index in [2.05, 4.69) is 0 Å². The number of rotatable bonds is 5. The van der Waals surface area contributed by atoms with Crippen molar-refractivity contribution < 1.29 is 28.2 Å². The van der Waals surface area contributed by atoms with Crippen molar-refractivity contribution in [2.75, 3.05) is 11.5 Å². The molecule has 4 rings (SSSR count). The topological polar surface area (TPSA) is 66.8 Å². The molecular weight excluding hydrogens is 472 g/mol. The van der Waals surface area contributed by atoms with Crippen LogP contribution in [0.1, 0.15) is 49.7 Å².